The van der Waals surface area contributed by atoms with Crippen LogP contribution in [-0.4, -0.2) is 26.1 Å². The van der Waals surface area contributed by atoms with E-state index in [0.29, 0.717) is 5.92 Å². The quantitative estimate of drug-likeness (QED) is 0.920. The van der Waals surface area contributed by atoms with Gasteiger partial charge in [0.25, 0.3) is 0 Å². The molecule has 0 saturated heterocycles. The van der Waals surface area contributed by atoms with Gasteiger partial charge >= 0.3 is 5.97 Å². The maximum Gasteiger partial charge on any atom is 0.355 e. The van der Waals surface area contributed by atoms with Crippen LogP contribution in [0, 0.1) is 29.6 Å². The van der Waals surface area contributed by atoms with Gasteiger partial charge in [0.05, 0.1) is 12.2 Å². The fraction of sp³-hybridized carbons (Fsp3) is 0.800. The van der Waals surface area contributed by atoms with Gasteiger partial charge in [-0.15, -0.1) is 5.10 Å². The normalized spacial score (nSPS) is 40.0. The molecule has 108 valence electrons. The van der Waals surface area contributed by atoms with E-state index in [1.54, 1.807) is 4.68 Å². The molecule has 1 unspecified atom stereocenters. The fourth-order valence-corrected chi connectivity index (χ4v) is 5.62. The Morgan fingerprint density at radius 2 is 1.85 bits per heavy atom. The Kier molecular flexibility index (Phi) is 2.66. The number of hydrogen-bond acceptors (Lipinski definition) is 3. The summed E-state index contributed by atoms with van der Waals surface area (Å²) in [6, 6.07) is 0.151. The Hall–Kier alpha value is -1.39. The number of hydrogen-bond donors (Lipinski definition) is 1. The first kappa shape index (κ1) is 12.4. The topological polar surface area (TPSA) is 68.0 Å². The lowest BCUT2D eigenvalue weighted by molar-refractivity contribution is -0.0577. The lowest BCUT2D eigenvalue weighted by atomic mass is 9.50. The molecule has 0 aromatic carbocycles. The molecule has 4 bridgehead atoms. The van der Waals surface area contributed by atoms with E-state index in [-0.39, 0.29) is 11.7 Å². The molecule has 4 saturated carbocycles. The summed E-state index contributed by atoms with van der Waals surface area (Å²) in [4.78, 5) is 11.3. The van der Waals surface area contributed by atoms with Crippen molar-refractivity contribution in [3.05, 3.63) is 11.9 Å². The summed E-state index contributed by atoms with van der Waals surface area (Å²) < 4.78 is 1.65. The van der Waals surface area contributed by atoms with Crippen LogP contribution in [0.4, 0.5) is 0 Å². The molecule has 20 heavy (non-hydrogen) atoms. The summed E-state index contributed by atoms with van der Waals surface area (Å²) in [6.45, 7) is 2.13. The monoisotopic (exact) mass is 275 g/mol. The van der Waals surface area contributed by atoms with Crippen LogP contribution in [-0.2, 0) is 0 Å². The number of rotatable bonds is 3. The second-order valence-electron chi connectivity index (χ2n) is 7.12. The van der Waals surface area contributed by atoms with E-state index in [0.717, 1.165) is 23.7 Å². The maximum atomic E-state index is 11.3. The minimum atomic E-state index is -0.925. The average molecular weight is 275 g/mol. The highest BCUT2D eigenvalue weighted by Gasteiger charge is 2.50. The SMILES string of the molecule is CC(C1C2CC3CC(C2)CC1C3)n1nncc1C(=O)O. The predicted molar refractivity (Wildman–Crippen MR) is 72.2 cm³/mol. The van der Waals surface area contributed by atoms with Crippen molar-refractivity contribution in [2.24, 2.45) is 29.6 Å². The zero-order valence-electron chi connectivity index (χ0n) is 11.8. The lowest BCUT2D eigenvalue weighted by Gasteiger charge is -2.56. The van der Waals surface area contributed by atoms with E-state index in [1.165, 1.54) is 38.3 Å². The van der Waals surface area contributed by atoms with Gasteiger partial charge in [0, 0.05) is 0 Å². The van der Waals surface area contributed by atoms with Gasteiger partial charge in [-0.3, -0.25) is 0 Å². The van der Waals surface area contributed by atoms with E-state index in [9.17, 15) is 9.90 Å². The summed E-state index contributed by atoms with van der Waals surface area (Å²) in [5.74, 6) is 3.08. The van der Waals surface area contributed by atoms with Crippen LogP contribution in [0.2, 0.25) is 0 Å². The third kappa shape index (κ3) is 1.71. The van der Waals surface area contributed by atoms with Gasteiger partial charge in [-0.05, 0) is 68.6 Å². The molecule has 5 rings (SSSR count). The molecule has 1 aromatic rings. The molecule has 0 radical (unpaired) electrons. The third-order valence-electron chi connectivity index (χ3n) is 6.04. The molecule has 0 aliphatic heterocycles. The van der Waals surface area contributed by atoms with Crippen molar-refractivity contribution in [3.63, 3.8) is 0 Å². The summed E-state index contributed by atoms with van der Waals surface area (Å²) in [5.41, 5.74) is 0.228. The minimum absolute atomic E-state index is 0.151. The molecule has 1 N–H and O–H groups in total. The van der Waals surface area contributed by atoms with Gasteiger partial charge in [-0.1, -0.05) is 5.21 Å². The van der Waals surface area contributed by atoms with Crippen LogP contribution in [0.25, 0.3) is 0 Å². The van der Waals surface area contributed by atoms with Crippen molar-refractivity contribution in [1.29, 1.82) is 0 Å². The molecule has 5 nitrogen and oxygen atoms in total. The van der Waals surface area contributed by atoms with Gasteiger partial charge in [0.1, 0.15) is 0 Å². The highest BCUT2D eigenvalue weighted by atomic mass is 16.4. The van der Waals surface area contributed by atoms with Crippen LogP contribution in [0.3, 0.4) is 0 Å². The largest absolute Gasteiger partial charge is 0.476 e. The molecular weight excluding hydrogens is 254 g/mol. The third-order valence-corrected chi connectivity index (χ3v) is 6.04. The number of carboxylic acids is 1. The van der Waals surface area contributed by atoms with Gasteiger partial charge in [-0.25, -0.2) is 9.48 Å². The summed E-state index contributed by atoms with van der Waals surface area (Å²) in [6.07, 6.45) is 8.20. The highest BCUT2D eigenvalue weighted by Crippen LogP contribution is 2.59. The first-order chi connectivity index (χ1) is 9.63. The van der Waals surface area contributed by atoms with Crippen molar-refractivity contribution in [3.8, 4) is 0 Å². The molecule has 5 heteroatoms. The van der Waals surface area contributed by atoms with Crippen LogP contribution in [0.5, 0.6) is 0 Å². The molecule has 4 aliphatic carbocycles. The number of aromatic nitrogens is 3. The van der Waals surface area contributed by atoms with Crippen LogP contribution < -0.4 is 0 Å². The molecule has 0 amide bonds. The molecule has 1 aromatic heterocycles. The van der Waals surface area contributed by atoms with Gasteiger partial charge in [0.15, 0.2) is 5.69 Å². The molecule has 0 spiro atoms. The van der Waals surface area contributed by atoms with Gasteiger partial charge in [0.2, 0.25) is 0 Å². The van der Waals surface area contributed by atoms with Gasteiger partial charge in [-0.2, -0.15) is 0 Å². The Morgan fingerprint density at radius 3 is 2.40 bits per heavy atom. The van der Waals surface area contributed by atoms with E-state index < -0.39 is 5.97 Å². The molecule has 1 atom stereocenters. The van der Waals surface area contributed by atoms with Crippen LogP contribution in [0.1, 0.15) is 55.6 Å². The Morgan fingerprint density at radius 1 is 1.25 bits per heavy atom. The number of carbonyl (C=O) groups is 1. The minimum Gasteiger partial charge on any atom is -0.476 e. The number of carboxylic acid groups (broad SMARTS) is 1. The van der Waals surface area contributed by atoms with Crippen molar-refractivity contribution in [2.75, 3.05) is 0 Å². The summed E-state index contributed by atoms with van der Waals surface area (Å²) in [5, 5.41) is 17.1. The van der Waals surface area contributed by atoms with E-state index >= 15 is 0 Å². The Balaban J connectivity index is 1.64. The van der Waals surface area contributed by atoms with Crippen molar-refractivity contribution >= 4 is 5.97 Å². The van der Waals surface area contributed by atoms with Crippen molar-refractivity contribution < 1.29 is 9.90 Å². The summed E-state index contributed by atoms with van der Waals surface area (Å²) in [7, 11) is 0. The fourth-order valence-electron chi connectivity index (χ4n) is 5.62. The second-order valence-corrected chi connectivity index (χ2v) is 7.12. The Labute approximate surface area is 118 Å². The molecular formula is C15H21N3O2. The van der Waals surface area contributed by atoms with Crippen LogP contribution >= 0.6 is 0 Å². The number of aromatic carboxylic acids is 1. The Bertz CT molecular complexity index is 511. The highest BCUT2D eigenvalue weighted by molar-refractivity contribution is 5.85. The van der Waals surface area contributed by atoms with Crippen LogP contribution in [0.15, 0.2) is 6.20 Å². The van der Waals surface area contributed by atoms with Gasteiger partial charge < -0.3 is 5.11 Å². The predicted octanol–water partition coefficient (Wildman–Crippen LogP) is 2.61. The van der Waals surface area contributed by atoms with E-state index in [2.05, 4.69) is 17.2 Å². The van der Waals surface area contributed by atoms with E-state index in [1.807, 2.05) is 0 Å². The maximum absolute atomic E-state index is 11.3. The standard InChI is InChI=1S/C15H21N3O2/c1-8(18-13(15(19)20)7-16-17-18)14-11-3-9-2-10(5-11)6-12(14)4-9/h7-12,14H,2-6H2,1H3,(H,19,20). The molecule has 4 fully saturated rings. The lowest BCUT2D eigenvalue weighted by Crippen LogP contribution is -2.48. The second kappa shape index (κ2) is 4.30. The van der Waals surface area contributed by atoms with E-state index in [4.69, 9.17) is 0 Å². The first-order valence-electron chi connectivity index (χ1n) is 7.77. The van der Waals surface area contributed by atoms with Crippen molar-refractivity contribution in [1.82, 2.24) is 15.0 Å². The zero-order chi connectivity index (χ0) is 13.9. The smallest absolute Gasteiger partial charge is 0.355 e. The number of nitrogens with zero attached hydrogens (tertiary/aromatic N) is 3. The molecule has 1 heterocycles. The summed E-state index contributed by atoms with van der Waals surface area (Å²) >= 11 is 0. The molecule has 4 aliphatic rings. The average Bonchev–Trinajstić information content (AvgIpc) is 2.86. The zero-order valence-corrected chi connectivity index (χ0v) is 11.8. The van der Waals surface area contributed by atoms with Crippen molar-refractivity contribution in [2.45, 2.75) is 45.1 Å². The first-order valence-corrected chi connectivity index (χ1v) is 7.77.